The molecule has 0 atom stereocenters. The first kappa shape index (κ1) is 9.26. The van der Waals surface area contributed by atoms with E-state index in [4.69, 9.17) is 10.4 Å². The van der Waals surface area contributed by atoms with Gasteiger partial charge in [0.25, 0.3) is 0 Å². The number of methoxy groups -OCH3 is 1. The number of rotatable bonds is 1. The first-order valence-corrected chi connectivity index (χ1v) is 3.26. The van der Waals surface area contributed by atoms with E-state index in [1.54, 1.807) is 0 Å². The zero-order chi connectivity index (χ0) is 10.0. The Bertz CT molecular complexity index is 385. The minimum absolute atomic E-state index is 0.453. The number of ether oxygens (including phenoxy) is 1. The van der Waals surface area contributed by atoms with Gasteiger partial charge in [0, 0.05) is 6.07 Å². The Balaban J connectivity index is 3.53. The molecule has 13 heavy (non-hydrogen) atoms. The van der Waals surface area contributed by atoms with Crippen LogP contribution in [0.3, 0.4) is 0 Å². The van der Waals surface area contributed by atoms with E-state index in [0.717, 1.165) is 7.11 Å². The van der Waals surface area contributed by atoms with E-state index < -0.39 is 28.7 Å². The smallest absolute Gasteiger partial charge is 0.176 e. The van der Waals surface area contributed by atoms with Crippen LogP contribution in [-0.2, 0) is 0 Å². The highest BCUT2D eigenvalue weighted by atomic mass is 19.1. The summed E-state index contributed by atoms with van der Waals surface area (Å²) in [7, 11) is 1.12. The van der Waals surface area contributed by atoms with E-state index in [1.165, 1.54) is 6.07 Å². The number of hydrogen-bond donors (Lipinski definition) is 1. The molecule has 0 aliphatic heterocycles. The van der Waals surface area contributed by atoms with Crippen molar-refractivity contribution in [2.24, 2.45) is 0 Å². The highest BCUT2D eigenvalue weighted by Gasteiger charge is 2.18. The van der Waals surface area contributed by atoms with Crippen LogP contribution in [0.4, 0.5) is 8.78 Å². The quantitative estimate of drug-likeness (QED) is 0.722. The predicted octanol–water partition coefficient (Wildman–Crippen LogP) is 1.55. The topological polar surface area (TPSA) is 53.2 Å². The van der Waals surface area contributed by atoms with Crippen LogP contribution < -0.4 is 4.74 Å². The van der Waals surface area contributed by atoms with E-state index in [-0.39, 0.29) is 0 Å². The lowest BCUT2D eigenvalue weighted by molar-refractivity contribution is 0.368. The summed E-state index contributed by atoms with van der Waals surface area (Å²) in [6, 6.07) is 1.89. The Hall–Kier alpha value is -1.83. The van der Waals surface area contributed by atoms with Crippen molar-refractivity contribution in [3.8, 4) is 17.6 Å². The summed E-state index contributed by atoms with van der Waals surface area (Å²) in [4.78, 5) is 0. The molecule has 0 aliphatic carbocycles. The lowest BCUT2D eigenvalue weighted by atomic mass is 10.2. The van der Waals surface area contributed by atoms with Gasteiger partial charge in [-0.15, -0.1) is 0 Å². The summed E-state index contributed by atoms with van der Waals surface area (Å²) >= 11 is 0. The molecular weight excluding hydrogens is 180 g/mol. The van der Waals surface area contributed by atoms with Gasteiger partial charge in [0.2, 0.25) is 0 Å². The fourth-order valence-corrected chi connectivity index (χ4v) is 0.895. The maximum Gasteiger partial charge on any atom is 0.176 e. The first-order chi connectivity index (χ1) is 6.11. The van der Waals surface area contributed by atoms with Crippen molar-refractivity contribution in [1.82, 2.24) is 0 Å². The molecule has 1 rings (SSSR count). The Morgan fingerprint density at radius 2 is 2.08 bits per heavy atom. The van der Waals surface area contributed by atoms with Gasteiger partial charge in [0.1, 0.15) is 11.6 Å². The van der Waals surface area contributed by atoms with Crippen molar-refractivity contribution in [2.45, 2.75) is 0 Å². The Morgan fingerprint density at radius 1 is 1.46 bits per heavy atom. The molecule has 0 saturated heterocycles. The molecule has 5 heteroatoms. The second-order valence-electron chi connectivity index (χ2n) is 2.21. The normalized spacial score (nSPS) is 9.38. The summed E-state index contributed by atoms with van der Waals surface area (Å²) in [6.45, 7) is 0. The fraction of sp³-hybridized carbons (Fsp3) is 0.125. The van der Waals surface area contributed by atoms with Crippen LogP contribution in [-0.4, -0.2) is 12.2 Å². The number of nitrogens with zero attached hydrogens (tertiary/aromatic N) is 1. The third kappa shape index (κ3) is 1.38. The molecule has 0 heterocycles. The van der Waals surface area contributed by atoms with Crippen LogP contribution >= 0.6 is 0 Å². The number of aromatic hydroxyl groups is 1. The van der Waals surface area contributed by atoms with E-state index in [0.29, 0.717) is 6.07 Å². The molecule has 0 radical (unpaired) electrons. The molecule has 1 aromatic rings. The summed E-state index contributed by atoms with van der Waals surface area (Å²) in [5.41, 5.74) is -0.542. The van der Waals surface area contributed by atoms with Gasteiger partial charge in [0.15, 0.2) is 23.1 Å². The van der Waals surface area contributed by atoms with Crippen LogP contribution in [0.5, 0.6) is 11.5 Å². The summed E-state index contributed by atoms with van der Waals surface area (Å²) in [5, 5.41) is 17.4. The Labute approximate surface area is 72.8 Å². The van der Waals surface area contributed by atoms with Gasteiger partial charge in [-0.2, -0.15) is 5.26 Å². The molecule has 0 amide bonds. The van der Waals surface area contributed by atoms with Gasteiger partial charge in [-0.05, 0) is 0 Å². The molecule has 0 saturated carbocycles. The minimum Gasteiger partial charge on any atom is -0.504 e. The Morgan fingerprint density at radius 3 is 2.54 bits per heavy atom. The first-order valence-electron chi connectivity index (χ1n) is 3.26. The molecule has 0 spiro atoms. The van der Waals surface area contributed by atoms with Crippen molar-refractivity contribution in [3.63, 3.8) is 0 Å². The lowest BCUT2D eigenvalue weighted by Crippen LogP contribution is -1.95. The second kappa shape index (κ2) is 3.27. The summed E-state index contributed by atoms with van der Waals surface area (Å²) in [6.07, 6.45) is 0. The Kier molecular flexibility index (Phi) is 2.33. The van der Waals surface area contributed by atoms with Gasteiger partial charge >= 0.3 is 0 Å². The maximum absolute atomic E-state index is 12.9. The standard InChI is InChI=1S/C8H5F2NO2/c1-13-8-4(3-11)7(12)5(9)2-6(8)10/h2,12H,1H3. The van der Waals surface area contributed by atoms with Gasteiger partial charge < -0.3 is 9.84 Å². The van der Waals surface area contributed by atoms with Crippen LogP contribution in [0.15, 0.2) is 6.07 Å². The highest BCUT2D eigenvalue weighted by molar-refractivity contribution is 5.53. The highest BCUT2D eigenvalue weighted by Crippen LogP contribution is 2.31. The molecular formula is C8H5F2NO2. The van der Waals surface area contributed by atoms with Crippen molar-refractivity contribution < 1.29 is 18.6 Å². The average Bonchev–Trinajstić information content (AvgIpc) is 2.10. The van der Waals surface area contributed by atoms with E-state index in [9.17, 15) is 8.78 Å². The van der Waals surface area contributed by atoms with Crippen molar-refractivity contribution >= 4 is 0 Å². The molecule has 68 valence electrons. The summed E-state index contributed by atoms with van der Waals surface area (Å²) < 4.78 is 30.0. The second-order valence-corrected chi connectivity index (χ2v) is 2.21. The SMILES string of the molecule is COc1c(F)cc(F)c(O)c1C#N. The number of benzene rings is 1. The van der Waals surface area contributed by atoms with Crippen LogP contribution in [0.1, 0.15) is 5.56 Å². The third-order valence-corrected chi connectivity index (χ3v) is 1.48. The zero-order valence-corrected chi connectivity index (χ0v) is 6.64. The predicted molar refractivity (Wildman–Crippen MR) is 39.3 cm³/mol. The van der Waals surface area contributed by atoms with Crippen LogP contribution in [0.25, 0.3) is 0 Å². The summed E-state index contributed by atoms with van der Waals surface area (Å²) in [5.74, 6) is -3.56. The monoisotopic (exact) mass is 185 g/mol. The van der Waals surface area contributed by atoms with E-state index >= 15 is 0 Å². The van der Waals surface area contributed by atoms with Gasteiger partial charge in [0.05, 0.1) is 7.11 Å². The third-order valence-electron chi connectivity index (χ3n) is 1.48. The van der Waals surface area contributed by atoms with E-state index in [1.807, 2.05) is 0 Å². The molecule has 0 unspecified atom stereocenters. The van der Waals surface area contributed by atoms with Crippen LogP contribution in [0, 0.1) is 23.0 Å². The number of halogens is 2. The average molecular weight is 185 g/mol. The van der Waals surface area contributed by atoms with Crippen molar-refractivity contribution in [3.05, 3.63) is 23.3 Å². The molecule has 0 aromatic heterocycles. The van der Waals surface area contributed by atoms with Crippen molar-refractivity contribution in [1.29, 1.82) is 5.26 Å². The molecule has 1 N–H and O–H groups in total. The number of phenols is 1. The number of hydrogen-bond acceptors (Lipinski definition) is 3. The lowest BCUT2D eigenvalue weighted by Gasteiger charge is -2.05. The van der Waals surface area contributed by atoms with Crippen LogP contribution in [0.2, 0.25) is 0 Å². The van der Waals surface area contributed by atoms with Gasteiger partial charge in [-0.3, -0.25) is 0 Å². The van der Waals surface area contributed by atoms with Crippen molar-refractivity contribution in [2.75, 3.05) is 7.11 Å². The maximum atomic E-state index is 12.9. The molecule has 0 fully saturated rings. The largest absolute Gasteiger partial charge is 0.504 e. The minimum atomic E-state index is -1.19. The fourth-order valence-electron chi connectivity index (χ4n) is 0.895. The van der Waals surface area contributed by atoms with Gasteiger partial charge in [-0.1, -0.05) is 0 Å². The molecule has 3 nitrogen and oxygen atoms in total. The molecule has 0 aliphatic rings. The number of phenolic OH excluding ortho intramolecular Hbond substituents is 1. The molecule has 1 aromatic carbocycles. The molecule has 0 bridgehead atoms. The zero-order valence-electron chi connectivity index (χ0n) is 6.64. The van der Waals surface area contributed by atoms with E-state index in [2.05, 4.69) is 4.74 Å². The number of nitriles is 1. The van der Waals surface area contributed by atoms with Gasteiger partial charge in [-0.25, -0.2) is 8.78 Å².